The van der Waals surface area contributed by atoms with Gasteiger partial charge in [0.05, 0.1) is 24.8 Å². The molecule has 7 heteroatoms. The Morgan fingerprint density at radius 3 is 2.65 bits per heavy atom. The molecule has 1 N–H and O–H groups in total. The molecule has 1 aromatic rings. The summed E-state index contributed by atoms with van der Waals surface area (Å²) in [5.41, 5.74) is 1.19. The number of nitrogens with one attached hydrogen (secondary N) is 1. The average Bonchev–Trinajstić information content (AvgIpc) is 2.51. The van der Waals surface area contributed by atoms with Gasteiger partial charge >= 0.3 is 0 Å². The van der Waals surface area contributed by atoms with Crippen LogP contribution in [0.25, 0.3) is 0 Å². The topological polar surface area (TPSA) is 33.7 Å². The summed E-state index contributed by atoms with van der Waals surface area (Å²) in [5, 5.41) is 4.15. The van der Waals surface area contributed by atoms with Gasteiger partial charge in [0.2, 0.25) is 0 Å². The molecule has 0 aromatic heterocycles. The highest BCUT2D eigenvalue weighted by Gasteiger charge is 2.09. The van der Waals surface area contributed by atoms with Crippen molar-refractivity contribution in [2.24, 2.45) is 0 Å². The maximum atomic E-state index is 6.18. The Bertz CT molecular complexity index is 430. The van der Waals surface area contributed by atoms with Gasteiger partial charge in [-0.1, -0.05) is 17.7 Å². The first-order valence-electron chi connectivity index (χ1n) is 7.71. The fraction of sp³-hybridized carbons (Fsp3) is 0.625. The minimum absolute atomic E-state index is 0. The van der Waals surface area contributed by atoms with E-state index in [0.29, 0.717) is 11.6 Å². The van der Waals surface area contributed by atoms with Crippen molar-refractivity contribution in [3.63, 3.8) is 0 Å². The zero-order valence-electron chi connectivity index (χ0n) is 13.6. The second kappa shape index (κ2) is 13.1. The molecule has 23 heavy (non-hydrogen) atoms. The van der Waals surface area contributed by atoms with Crippen LogP contribution in [-0.4, -0.2) is 50.9 Å². The number of hydrogen-bond acceptors (Lipinski definition) is 4. The van der Waals surface area contributed by atoms with Crippen LogP contribution in [0.4, 0.5) is 0 Å². The van der Waals surface area contributed by atoms with Crippen LogP contribution in [0.2, 0.25) is 5.02 Å². The Morgan fingerprint density at radius 2 is 2.00 bits per heavy atom. The zero-order valence-corrected chi connectivity index (χ0v) is 15.9. The smallest absolute Gasteiger partial charge is 0.137 e. The summed E-state index contributed by atoms with van der Waals surface area (Å²) < 4.78 is 10.8. The Hall–Kier alpha value is -0.230. The molecule has 0 saturated carbocycles. The van der Waals surface area contributed by atoms with Gasteiger partial charge in [-0.2, -0.15) is 0 Å². The van der Waals surface area contributed by atoms with Gasteiger partial charge in [0.1, 0.15) is 5.75 Å². The standard InChI is InChI=1S/C16H25ClN2O2.2ClH/c1-2-21-16-5-4-14(12-15(16)17)13-18-6-3-7-19-8-10-20-11-9-19;;/h4-5,12,18H,2-3,6-11,13H2,1H3;2*1H. The van der Waals surface area contributed by atoms with E-state index in [1.807, 2.05) is 19.1 Å². The van der Waals surface area contributed by atoms with E-state index in [2.05, 4.69) is 16.3 Å². The minimum atomic E-state index is 0. The maximum Gasteiger partial charge on any atom is 0.137 e. The van der Waals surface area contributed by atoms with Gasteiger partial charge in [0.25, 0.3) is 0 Å². The maximum absolute atomic E-state index is 6.18. The zero-order chi connectivity index (χ0) is 14.9. The van der Waals surface area contributed by atoms with E-state index >= 15 is 0 Å². The number of halogens is 3. The highest BCUT2D eigenvalue weighted by atomic mass is 35.5. The molecule has 0 radical (unpaired) electrons. The lowest BCUT2D eigenvalue weighted by Crippen LogP contribution is -2.37. The minimum Gasteiger partial charge on any atom is -0.492 e. The molecule has 134 valence electrons. The molecule has 1 aliphatic rings. The van der Waals surface area contributed by atoms with E-state index in [-0.39, 0.29) is 24.8 Å². The Balaban J connectivity index is 0.00000242. The quantitative estimate of drug-likeness (QED) is 0.695. The van der Waals surface area contributed by atoms with Gasteiger partial charge in [-0.05, 0) is 44.1 Å². The average molecular weight is 386 g/mol. The van der Waals surface area contributed by atoms with E-state index in [0.717, 1.165) is 58.1 Å². The first-order valence-corrected chi connectivity index (χ1v) is 8.09. The van der Waals surface area contributed by atoms with Crippen molar-refractivity contribution in [3.8, 4) is 5.75 Å². The van der Waals surface area contributed by atoms with Crippen LogP contribution in [0.15, 0.2) is 18.2 Å². The molecule has 0 unspecified atom stereocenters. The molecule has 0 aliphatic carbocycles. The third-order valence-electron chi connectivity index (χ3n) is 3.56. The monoisotopic (exact) mass is 384 g/mol. The number of nitrogens with zero attached hydrogens (tertiary/aromatic N) is 1. The molecule has 0 bridgehead atoms. The summed E-state index contributed by atoms with van der Waals surface area (Å²) in [6, 6.07) is 5.98. The van der Waals surface area contributed by atoms with Crippen molar-refractivity contribution < 1.29 is 9.47 Å². The molecule has 1 aliphatic heterocycles. The molecule has 1 aromatic carbocycles. The Morgan fingerprint density at radius 1 is 1.26 bits per heavy atom. The number of ether oxygens (including phenoxy) is 2. The van der Waals surface area contributed by atoms with Crippen molar-refractivity contribution >= 4 is 36.4 Å². The summed E-state index contributed by atoms with van der Waals surface area (Å²) in [7, 11) is 0. The second-order valence-corrected chi connectivity index (χ2v) is 5.59. The lowest BCUT2D eigenvalue weighted by atomic mass is 10.2. The van der Waals surface area contributed by atoms with Crippen LogP contribution in [0.1, 0.15) is 18.9 Å². The molecule has 1 fully saturated rings. The van der Waals surface area contributed by atoms with Crippen molar-refractivity contribution in [3.05, 3.63) is 28.8 Å². The third kappa shape index (κ3) is 8.43. The number of rotatable bonds is 8. The van der Waals surface area contributed by atoms with E-state index in [1.165, 1.54) is 5.56 Å². The molecule has 0 atom stereocenters. The van der Waals surface area contributed by atoms with Gasteiger partial charge in [-0.15, -0.1) is 24.8 Å². The fourth-order valence-corrected chi connectivity index (χ4v) is 2.67. The van der Waals surface area contributed by atoms with Gasteiger partial charge in [-0.25, -0.2) is 0 Å². The SMILES string of the molecule is CCOc1ccc(CNCCCN2CCOCC2)cc1Cl.Cl.Cl. The third-order valence-corrected chi connectivity index (χ3v) is 3.85. The molecular weight excluding hydrogens is 359 g/mol. The Labute approximate surface area is 156 Å². The van der Waals surface area contributed by atoms with E-state index < -0.39 is 0 Å². The van der Waals surface area contributed by atoms with Crippen molar-refractivity contribution in [1.82, 2.24) is 10.2 Å². The summed E-state index contributed by atoms with van der Waals surface area (Å²) in [4.78, 5) is 2.46. The molecule has 2 rings (SSSR count). The molecular formula is C16H27Cl3N2O2. The molecule has 1 heterocycles. The predicted molar refractivity (Wildman–Crippen MR) is 101 cm³/mol. The summed E-state index contributed by atoms with van der Waals surface area (Å²) in [6.45, 7) is 9.47. The second-order valence-electron chi connectivity index (χ2n) is 5.18. The summed E-state index contributed by atoms with van der Waals surface area (Å²) in [5.74, 6) is 0.759. The first-order chi connectivity index (χ1) is 10.3. The summed E-state index contributed by atoms with van der Waals surface area (Å²) in [6.07, 6.45) is 1.16. The first kappa shape index (κ1) is 22.8. The number of hydrogen-bond donors (Lipinski definition) is 1. The normalized spacial score (nSPS) is 14.7. The van der Waals surface area contributed by atoms with E-state index in [4.69, 9.17) is 21.1 Å². The molecule has 4 nitrogen and oxygen atoms in total. The van der Waals surface area contributed by atoms with Gasteiger partial charge in [0.15, 0.2) is 0 Å². The number of benzene rings is 1. The fourth-order valence-electron chi connectivity index (χ4n) is 2.41. The summed E-state index contributed by atoms with van der Waals surface area (Å²) >= 11 is 6.18. The van der Waals surface area contributed by atoms with E-state index in [9.17, 15) is 0 Å². The molecule has 0 spiro atoms. The van der Waals surface area contributed by atoms with Crippen LogP contribution in [-0.2, 0) is 11.3 Å². The van der Waals surface area contributed by atoms with Crippen molar-refractivity contribution in [2.75, 3.05) is 46.0 Å². The lowest BCUT2D eigenvalue weighted by molar-refractivity contribution is 0.0374. The molecule has 1 saturated heterocycles. The predicted octanol–water partition coefficient (Wildman–Crippen LogP) is 3.39. The highest BCUT2D eigenvalue weighted by Crippen LogP contribution is 2.25. The van der Waals surface area contributed by atoms with Gasteiger partial charge < -0.3 is 14.8 Å². The lowest BCUT2D eigenvalue weighted by Gasteiger charge is -2.26. The van der Waals surface area contributed by atoms with Crippen LogP contribution >= 0.6 is 36.4 Å². The van der Waals surface area contributed by atoms with E-state index in [1.54, 1.807) is 0 Å². The van der Waals surface area contributed by atoms with Gasteiger partial charge in [-0.3, -0.25) is 4.90 Å². The van der Waals surface area contributed by atoms with Crippen LogP contribution in [0, 0.1) is 0 Å². The van der Waals surface area contributed by atoms with Crippen molar-refractivity contribution in [2.45, 2.75) is 19.9 Å². The van der Waals surface area contributed by atoms with Gasteiger partial charge in [0, 0.05) is 19.6 Å². The highest BCUT2D eigenvalue weighted by molar-refractivity contribution is 6.32. The van der Waals surface area contributed by atoms with Crippen LogP contribution < -0.4 is 10.1 Å². The largest absolute Gasteiger partial charge is 0.492 e. The van der Waals surface area contributed by atoms with Crippen molar-refractivity contribution in [1.29, 1.82) is 0 Å². The van der Waals surface area contributed by atoms with Crippen LogP contribution in [0.5, 0.6) is 5.75 Å². The Kier molecular flexibility index (Phi) is 13.0. The van der Waals surface area contributed by atoms with Crippen LogP contribution in [0.3, 0.4) is 0 Å². The molecule has 0 amide bonds. The number of morpholine rings is 1.